The molecular weight excluding hydrogens is 375 g/mol. The van der Waals surface area contributed by atoms with Gasteiger partial charge >= 0.3 is 0 Å². The Morgan fingerprint density at radius 2 is 2.03 bits per heavy atom. The van der Waals surface area contributed by atoms with Crippen LogP contribution in [0.5, 0.6) is 17.2 Å². The van der Waals surface area contributed by atoms with Gasteiger partial charge in [-0.25, -0.2) is 4.39 Å². The smallest absolute Gasteiger partial charge is 0.231 e. The molecule has 1 unspecified atom stereocenters. The lowest BCUT2D eigenvalue weighted by Gasteiger charge is -2.41. The Labute approximate surface area is 170 Å². The van der Waals surface area contributed by atoms with Crippen molar-refractivity contribution in [1.29, 1.82) is 0 Å². The van der Waals surface area contributed by atoms with Gasteiger partial charge in [-0.05, 0) is 18.6 Å². The Bertz CT molecular complexity index is 848. The molecule has 1 atom stereocenters. The van der Waals surface area contributed by atoms with Gasteiger partial charge in [-0.1, -0.05) is 18.2 Å². The molecule has 2 aliphatic rings. The average molecular weight is 402 g/mol. The van der Waals surface area contributed by atoms with Crippen molar-refractivity contribution in [2.45, 2.75) is 25.6 Å². The second-order valence-corrected chi connectivity index (χ2v) is 7.48. The van der Waals surface area contributed by atoms with Crippen LogP contribution >= 0.6 is 0 Å². The van der Waals surface area contributed by atoms with Gasteiger partial charge in [0.1, 0.15) is 11.6 Å². The Morgan fingerprint density at radius 3 is 2.83 bits per heavy atom. The summed E-state index contributed by atoms with van der Waals surface area (Å²) < 4.78 is 30.6. The normalized spacial score (nSPS) is 19.5. The van der Waals surface area contributed by atoms with Crippen molar-refractivity contribution in [3.63, 3.8) is 0 Å². The van der Waals surface area contributed by atoms with Gasteiger partial charge in [-0.15, -0.1) is 0 Å². The number of aliphatic hydroxyl groups excluding tert-OH is 1. The number of nitrogens with zero attached hydrogens (tertiary/aromatic N) is 2. The zero-order valence-electron chi connectivity index (χ0n) is 16.6. The number of rotatable bonds is 7. The van der Waals surface area contributed by atoms with Crippen LogP contribution < -0.4 is 14.2 Å². The fraction of sp³-hybridized carbons (Fsp3) is 0.455. The van der Waals surface area contributed by atoms with Crippen molar-refractivity contribution in [3.8, 4) is 17.2 Å². The van der Waals surface area contributed by atoms with Crippen LogP contribution in [0, 0.1) is 5.82 Å². The summed E-state index contributed by atoms with van der Waals surface area (Å²) in [6.07, 6.45) is 0.654. The lowest BCUT2D eigenvalue weighted by Crippen LogP contribution is -2.52. The van der Waals surface area contributed by atoms with E-state index in [4.69, 9.17) is 14.2 Å². The van der Waals surface area contributed by atoms with E-state index in [2.05, 4.69) is 15.9 Å². The average Bonchev–Trinajstić information content (AvgIpc) is 3.21. The molecule has 6 nitrogen and oxygen atoms in total. The van der Waals surface area contributed by atoms with Crippen LogP contribution in [0.4, 0.5) is 4.39 Å². The molecule has 2 aromatic rings. The standard InChI is InChI=1S/C22H27FN2O4/c1-27-19-6-5-16(20(23)11-19)13-25-9-8-24(14-18(25)7-10-26)12-17-3-2-4-21-22(17)29-15-28-21/h2-6,11,18,26H,7-10,12-15H2,1H3. The van der Waals surface area contributed by atoms with Gasteiger partial charge in [0.2, 0.25) is 6.79 Å². The quantitative estimate of drug-likeness (QED) is 0.769. The molecule has 156 valence electrons. The number of piperazine rings is 1. The van der Waals surface area contributed by atoms with E-state index < -0.39 is 0 Å². The van der Waals surface area contributed by atoms with Crippen molar-refractivity contribution in [2.75, 3.05) is 40.1 Å². The van der Waals surface area contributed by atoms with Crippen molar-refractivity contribution in [1.82, 2.24) is 9.80 Å². The number of benzene rings is 2. The van der Waals surface area contributed by atoms with E-state index in [-0.39, 0.29) is 25.3 Å². The summed E-state index contributed by atoms with van der Waals surface area (Å²) in [4.78, 5) is 4.62. The highest BCUT2D eigenvalue weighted by Crippen LogP contribution is 2.36. The van der Waals surface area contributed by atoms with Gasteiger partial charge in [0.25, 0.3) is 0 Å². The zero-order chi connectivity index (χ0) is 20.2. The lowest BCUT2D eigenvalue weighted by atomic mass is 10.1. The van der Waals surface area contributed by atoms with Crippen LogP contribution in [-0.2, 0) is 13.1 Å². The molecule has 2 aromatic carbocycles. The highest BCUT2D eigenvalue weighted by Gasteiger charge is 2.28. The molecule has 0 radical (unpaired) electrons. The highest BCUT2D eigenvalue weighted by atomic mass is 19.1. The fourth-order valence-corrected chi connectivity index (χ4v) is 4.09. The summed E-state index contributed by atoms with van der Waals surface area (Å²) >= 11 is 0. The first kappa shape index (κ1) is 19.9. The molecule has 1 fully saturated rings. The third-order valence-corrected chi connectivity index (χ3v) is 5.66. The molecule has 0 spiro atoms. The summed E-state index contributed by atoms with van der Waals surface area (Å²) in [7, 11) is 1.53. The molecule has 0 aliphatic carbocycles. The maximum absolute atomic E-state index is 14.4. The number of halogens is 1. The number of fused-ring (bicyclic) bond motifs is 1. The second-order valence-electron chi connectivity index (χ2n) is 7.48. The van der Waals surface area contributed by atoms with Crippen LogP contribution in [0.2, 0.25) is 0 Å². The van der Waals surface area contributed by atoms with Crippen LogP contribution in [0.1, 0.15) is 17.5 Å². The molecule has 1 saturated heterocycles. The van der Waals surface area contributed by atoms with Gasteiger partial charge in [-0.2, -0.15) is 0 Å². The predicted octanol–water partition coefficient (Wildman–Crippen LogP) is 2.63. The molecule has 2 heterocycles. The van der Waals surface area contributed by atoms with Crippen LogP contribution in [-0.4, -0.2) is 61.1 Å². The number of methoxy groups -OCH3 is 1. The van der Waals surface area contributed by atoms with Gasteiger partial charge < -0.3 is 19.3 Å². The molecule has 0 amide bonds. The zero-order valence-corrected chi connectivity index (χ0v) is 16.6. The summed E-state index contributed by atoms with van der Waals surface area (Å²) in [5.41, 5.74) is 1.76. The first-order valence-electron chi connectivity index (χ1n) is 9.95. The SMILES string of the molecule is COc1ccc(CN2CCN(Cc3cccc4c3OCO4)CC2CCO)c(F)c1. The first-order valence-corrected chi connectivity index (χ1v) is 9.95. The molecule has 2 aliphatic heterocycles. The first-order chi connectivity index (χ1) is 14.2. The lowest BCUT2D eigenvalue weighted by molar-refractivity contribution is 0.0488. The minimum Gasteiger partial charge on any atom is -0.497 e. The highest BCUT2D eigenvalue weighted by molar-refractivity contribution is 5.48. The summed E-state index contributed by atoms with van der Waals surface area (Å²) in [5, 5.41) is 9.56. The molecule has 0 bridgehead atoms. The van der Waals surface area contributed by atoms with Gasteiger partial charge in [0.05, 0.1) is 7.11 Å². The third kappa shape index (κ3) is 4.47. The summed E-state index contributed by atoms with van der Waals surface area (Å²) in [6.45, 7) is 4.14. The fourth-order valence-electron chi connectivity index (χ4n) is 4.09. The minimum atomic E-state index is -0.258. The number of ether oxygens (including phenoxy) is 3. The van der Waals surface area contributed by atoms with Crippen LogP contribution in [0.3, 0.4) is 0 Å². The second kappa shape index (κ2) is 8.98. The third-order valence-electron chi connectivity index (χ3n) is 5.66. The molecule has 0 saturated carbocycles. The Hall–Kier alpha value is -2.35. The van der Waals surface area contributed by atoms with Crippen molar-refractivity contribution in [3.05, 3.63) is 53.3 Å². The molecule has 29 heavy (non-hydrogen) atoms. The minimum absolute atomic E-state index is 0.109. The Balaban J connectivity index is 1.43. The van der Waals surface area contributed by atoms with E-state index in [1.807, 2.05) is 12.1 Å². The van der Waals surface area contributed by atoms with Gasteiger partial charge in [0.15, 0.2) is 11.5 Å². The van der Waals surface area contributed by atoms with Gasteiger partial charge in [0, 0.05) is 62.6 Å². The van der Waals surface area contributed by atoms with Crippen molar-refractivity contribution < 1.29 is 23.7 Å². The number of hydrogen-bond acceptors (Lipinski definition) is 6. The Morgan fingerprint density at radius 1 is 1.14 bits per heavy atom. The van der Waals surface area contributed by atoms with E-state index in [0.717, 1.165) is 43.2 Å². The molecule has 7 heteroatoms. The Kier molecular flexibility index (Phi) is 6.18. The van der Waals surface area contributed by atoms with E-state index in [0.29, 0.717) is 24.3 Å². The largest absolute Gasteiger partial charge is 0.497 e. The van der Waals surface area contributed by atoms with Crippen LogP contribution in [0.15, 0.2) is 36.4 Å². The predicted molar refractivity (Wildman–Crippen MR) is 107 cm³/mol. The maximum Gasteiger partial charge on any atom is 0.231 e. The summed E-state index contributed by atoms with van der Waals surface area (Å²) in [6, 6.07) is 11.1. The van der Waals surface area contributed by atoms with Crippen molar-refractivity contribution in [2.24, 2.45) is 0 Å². The van der Waals surface area contributed by atoms with E-state index in [9.17, 15) is 9.50 Å². The molecular formula is C22H27FN2O4. The maximum atomic E-state index is 14.4. The molecule has 1 N–H and O–H groups in total. The summed E-state index contributed by atoms with van der Waals surface area (Å²) in [5.74, 6) is 1.88. The van der Waals surface area contributed by atoms with E-state index in [1.54, 1.807) is 12.1 Å². The number of aliphatic hydroxyl groups is 1. The van der Waals surface area contributed by atoms with E-state index >= 15 is 0 Å². The topological polar surface area (TPSA) is 54.4 Å². The molecule has 4 rings (SSSR count). The van der Waals surface area contributed by atoms with Crippen molar-refractivity contribution >= 4 is 0 Å². The number of para-hydroxylation sites is 1. The van der Waals surface area contributed by atoms with Crippen LogP contribution in [0.25, 0.3) is 0 Å². The van der Waals surface area contributed by atoms with Gasteiger partial charge in [-0.3, -0.25) is 9.80 Å². The molecule has 0 aromatic heterocycles. The van der Waals surface area contributed by atoms with E-state index in [1.165, 1.54) is 13.2 Å². The number of hydrogen-bond donors (Lipinski definition) is 1. The monoisotopic (exact) mass is 402 g/mol.